The molecule has 0 unspecified atom stereocenters. The van der Waals surface area contributed by atoms with Gasteiger partial charge in [0.25, 0.3) is 0 Å². The van der Waals surface area contributed by atoms with Crippen LogP contribution in [0.25, 0.3) is 180 Å². The molecule has 0 aliphatic heterocycles. The molecule has 20 aromatic rings. The SMILES string of the molecule is [C-]#[N+]c1c(-n2c3ccccc3c3ccccc32)c(-n2c3ccccc3c3ccccc32)c2c3cc(-n4c5ccccc5c5ccccc54)cc4c5cc(-n6c7ccccc7c7ccccc76)ccc5n(c2c1-n1c2ccccc2c2ccccc21)c43. The lowest BCUT2D eigenvalue weighted by atomic mass is 10.0. The number of fused-ring (bicyclic) bond motifs is 21. The minimum atomic E-state index is 0.547. The zero-order valence-corrected chi connectivity index (χ0v) is 46.1. The van der Waals surface area contributed by atoms with E-state index in [4.69, 9.17) is 4.85 Å². The van der Waals surface area contributed by atoms with E-state index < -0.39 is 0 Å². The highest BCUT2D eigenvalue weighted by Crippen LogP contribution is 2.55. The third-order valence-electron chi connectivity index (χ3n) is 18.9. The van der Waals surface area contributed by atoms with E-state index in [1.165, 1.54) is 21.5 Å². The lowest BCUT2D eigenvalue weighted by Crippen LogP contribution is -2.08. The quantitative estimate of drug-likeness (QED) is 0.154. The third-order valence-corrected chi connectivity index (χ3v) is 18.9. The monoisotopic (exact) mass is 1090 g/mol. The maximum Gasteiger partial charge on any atom is 0.238 e. The van der Waals surface area contributed by atoms with E-state index in [1.807, 2.05) is 0 Å². The van der Waals surface area contributed by atoms with E-state index in [0.29, 0.717) is 5.69 Å². The molecule has 0 saturated carbocycles. The molecule has 0 spiro atoms. The third kappa shape index (κ3) is 5.70. The van der Waals surface area contributed by atoms with Gasteiger partial charge in [0.2, 0.25) is 5.69 Å². The standard InChI is InChI=1S/C79H45N7/c1-80-74-78(84-68-38-18-8-28-55(68)56-29-9-19-39-69(56)84)76(83-66-36-16-6-26-53(66)54-27-7-17-37-67(54)83)73-61-46-48(82-64-34-14-4-24-51(64)52-25-5-15-35-65(52)82)45-60-59-44-47(81-62-32-12-2-22-49(62)50-23-3-13-33-63(50)81)42-43-72(59)86(75(60)61)77(73)79(74)85-70-40-20-10-30-57(70)58-31-11-21-41-71(58)85/h2-46H. The van der Waals surface area contributed by atoms with Gasteiger partial charge >= 0.3 is 0 Å². The molecule has 0 aliphatic carbocycles. The molecule has 0 atom stereocenters. The molecular weight excluding hydrogens is 1050 g/mol. The summed E-state index contributed by atoms with van der Waals surface area (Å²) in [7, 11) is 0. The highest BCUT2D eigenvalue weighted by Gasteiger charge is 2.35. The van der Waals surface area contributed by atoms with Crippen LogP contribution in [-0.2, 0) is 0 Å². The summed E-state index contributed by atoms with van der Waals surface area (Å²) in [6.45, 7) is 10.1. The Morgan fingerprint density at radius 2 is 0.512 bits per heavy atom. The minimum Gasteiger partial charge on any atom is -0.317 e. The molecule has 20 rings (SSSR count). The number of hydrogen-bond donors (Lipinski definition) is 0. The van der Waals surface area contributed by atoms with Crippen LogP contribution in [-0.4, -0.2) is 27.2 Å². The van der Waals surface area contributed by atoms with E-state index in [0.717, 1.165) is 154 Å². The first-order valence-electron chi connectivity index (χ1n) is 29.4. The summed E-state index contributed by atoms with van der Waals surface area (Å²) in [5.41, 5.74) is 19.2. The van der Waals surface area contributed by atoms with Gasteiger partial charge in [0.05, 0.1) is 95.4 Å². The van der Waals surface area contributed by atoms with Gasteiger partial charge in [-0.2, -0.15) is 0 Å². The summed E-state index contributed by atoms with van der Waals surface area (Å²) >= 11 is 0. The number of para-hydroxylation sites is 10. The van der Waals surface area contributed by atoms with Crippen molar-refractivity contribution in [3.63, 3.8) is 0 Å². The van der Waals surface area contributed by atoms with Gasteiger partial charge < -0.3 is 27.2 Å². The zero-order valence-electron chi connectivity index (χ0n) is 46.1. The molecular formula is C79H45N7. The molecule has 7 aromatic heterocycles. The first-order chi connectivity index (χ1) is 42.7. The Labute approximate surface area is 490 Å². The van der Waals surface area contributed by atoms with Gasteiger partial charge in [-0.25, -0.2) is 4.85 Å². The van der Waals surface area contributed by atoms with E-state index in [2.05, 4.69) is 300 Å². The van der Waals surface area contributed by atoms with Crippen LogP contribution in [0, 0.1) is 6.57 Å². The van der Waals surface area contributed by atoms with E-state index >= 15 is 0 Å². The second-order valence-electron chi connectivity index (χ2n) is 23.0. The van der Waals surface area contributed by atoms with Gasteiger partial charge in [-0.05, 0) is 91.0 Å². The molecule has 7 nitrogen and oxygen atoms in total. The van der Waals surface area contributed by atoms with Gasteiger partial charge in [0, 0.05) is 86.8 Å². The zero-order chi connectivity index (χ0) is 56.0. The molecule has 0 amide bonds. The van der Waals surface area contributed by atoms with Gasteiger partial charge in [-0.15, -0.1) is 0 Å². The maximum atomic E-state index is 10.1. The fourth-order valence-corrected chi connectivity index (χ4v) is 15.6. The molecule has 396 valence electrons. The molecule has 0 aliphatic rings. The molecule has 0 N–H and O–H groups in total. The highest BCUT2D eigenvalue weighted by molar-refractivity contribution is 6.31. The topological polar surface area (TPSA) is 33.4 Å². The summed E-state index contributed by atoms with van der Waals surface area (Å²) in [5, 5.41) is 16.0. The highest BCUT2D eigenvalue weighted by atomic mass is 15.1. The van der Waals surface area contributed by atoms with Crippen LogP contribution in [0.5, 0.6) is 0 Å². The van der Waals surface area contributed by atoms with Crippen LogP contribution in [0.3, 0.4) is 0 Å². The second kappa shape index (κ2) is 16.7. The molecule has 0 saturated heterocycles. The molecule has 0 radical (unpaired) electrons. The van der Waals surface area contributed by atoms with E-state index in [-0.39, 0.29) is 0 Å². The van der Waals surface area contributed by atoms with Crippen molar-refractivity contribution in [2.45, 2.75) is 0 Å². The molecule has 7 heteroatoms. The Morgan fingerprint density at radius 3 is 0.872 bits per heavy atom. The lowest BCUT2D eigenvalue weighted by molar-refractivity contribution is 1.10. The number of benzene rings is 13. The van der Waals surface area contributed by atoms with Gasteiger partial charge in [-0.3, -0.25) is 0 Å². The van der Waals surface area contributed by atoms with Crippen molar-refractivity contribution in [1.82, 2.24) is 27.2 Å². The number of aromatic nitrogens is 6. The summed E-state index contributed by atoms with van der Waals surface area (Å²) in [4.78, 5) is 5.02. The average Bonchev–Trinajstić information content (AvgIpc) is 1.53. The fourth-order valence-electron chi connectivity index (χ4n) is 15.6. The fraction of sp³-hybridized carbons (Fsp3) is 0. The minimum absolute atomic E-state index is 0.547. The Bertz CT molecular complexity index is 6150. The van der Waals surface area contributed by atoms with Gasteiger partial charge in [0.1, 0.15) is 0 Å². The molecule has 86 heavy (non-hydrogen) atoms. The van der Waals surface area contributed by atoms with Crippen LogP contribution in [0.4, 0.5) is 5.69 Å². The summed E-state index contributed by atoms with van der Waals surface area (Å²) in [6, 6.07) is 99.9. The van der Waals surface area contributed by atoms with Crippen LogP contribution in [0.1, 0.15) is 0 Å². The van der Waals surface area contributed by atoms with Gasteiger partial charge in [-0.1, -0.05) is 182 Å². The normalized spacial score (nSPS) is 12.4. The Balaban J connectivity index is 1.09. The van der Waals surface area contributed by atoms with Crippen LogP contribution in [0.2, 0.25) is 0 Å². The largest absolute Gasteiger partial charge is 0.317 e. The number of hydrogen-bond acceptors (Lipinski definition) is 0. The molecule has 7 heterocycles. The first-order valence-corrected chi connectivity index (χ1v) is 29.4. The Morgan fingerprint density at radius 1 is 0.221 bits per heavy atom. The molecule has 13 aromatic carbocycles. The van der Waals surface area contributed by atoms with E-state index in [9.17, 15) is 6.57 Å². The predicted octanol–water partition coefficient (Wildman–Crippen LogP) is 20.9. The van der Waals surface area contributed by atoms with Gasteiger partial charge in [0.15, 0.2) is 0 Å². The van der Waals surface area contributed by atoms with Crippen LogP contribution >= 0.6 is 0 Å². The number of nitrogens with zero attached hydrogens (tertiary/aromatic N) is 7. The van der Waals surface area contributed by atoms with Crippen molar-refractivity contribution in [2.24, 2.45) is 0 Å². The summed E-state index contributed by atoms with van der Waals surface area (Å²) < 4.78 is 14.8. The number of rotatable bonds is 5. The van der Waals surface area contributed by atoms with Crippen molar-refractivity contribution < 1.29 is 0 Å². The van der Waals surface area contributed by atoms with Crippen molar-refractivity contribution in [2.75, 3.05) is 0 Å². The molecule has 0 fully saturated rings. The van der Waals surface area contributed by atoms with E-state index in [1.54, 1.807) is 0 Å². The summed E-state index contributed by atoms with van der Waals surface area (Å²) in [6.07, 6.45) is 0. The van der Waals surface area contributed by atoms with Crippen molar-refractivity contribution in [3.05, 3.63) is 284 Å². The Hall–Kier alpha value is -11.9. The average molecular weight is 1090 g/mol. The summed E-state index contributed by atoms with van der Waals surface area (Å²) in [5.74, 6) is 0. The van der Waals surface area contributed by atoms with Crippen LogP contribution < -0.4 is 0 Å². The van der Waals surface area contributed by atoms with Crippen LogP contribution in [0.15, 0.2) is 273 Å². The first kappa shape index (κ1) is 45.7. The second-order valence-corrected chi connectivity index (χ2v) is 23.0. The smallest absolute Gasteiger partial charge is 0.238 e. The molecule has 0 bridgehead atoms. The maximum absolute atomic E-state index is 10.1. The van der Waals surface area contributed by atoms with Crippen molar-refractivity contribution in [1.29, 1.82) is 0 Å². The van der Waals surface area contributed by atoms with Crippen molar-refractivity contribution >= 4 is 153 Å². The Kier molecular flexibility index (Phi) is 8.86. The predicted molar refractivity (Wildman–Crippen MR) is 359 cm³/mol. The van der Waals surface area contributed by atoms with Crippen molar-refractivity contribution in [3.8, 4) is 28.4 Å². The lowest BCUT2D eigenvalue weighted by Gasteiger charge is -2.24.